The van der Waals surface area contributed by atoms with Crippen LogP contribution in [0.15, 0.2) is 36.4 Å². The molecule has 0 aliphatic rings. The lowest BCUT2D eigenvalue weighted by Crippen LogP contribution is -2.02. The average molecular weight is 567 g/mol. The third-order valence-corrected chi connectivity index (χ3v) is 4.60. The summed E-state index contributed by atoms with van der Waals surface area (Å²) in [6, 6.07) is 10.8. The number of nitrogens with two attached hydrogens (primary N) is 1. The van der Waals surface area contributed by atoms with Gasteiger partial charge in [0.1, 0.15) is 5.78 Å². The molecule has 8 heteroatoms. The van der Waals surface area contributed by atoms with Crippen molar-refractivity contribution in [1.29, 1.82) is 0 Å². The number of carboxylic acids is 1. The minimum Gasteiger partial charge on any atom is -0.481 e. The van der Waals surface area contributed by atoms with Crippen LogP contribution in [-0.4, -0.2) is 27.5 Å². The summed E-state index contributed by atoms with van der Waals surface area (Å²) in [4.78, 5) is 27.6. The number of halogens is 2. The van der Waals surface area contributed by atoms with Crippen LogP contribution in [0.4, 0.5) is 17.1 Å². The molecule has 0 spiro atoms. The molecule has 0 saturated heterocycles. The fourth-order valence-electron chi connectivity index (χ4n) is 2.26. The van der Waals surface area contributed by atoms with Crippen LogP contribution < -0.4 is 5.73 Å². The fraction of sp³-hybridized carbons (Fsp3) is 0.333. The highest BCUT2D eigenvalue weighted by Gasteiger charge is 2.04. The third kappa shape index (κ3) is 13.6. The van der Waals surface area contributed by atoms with E-state index in [0.717, 1.165) is 16.7 Å². The zero-order chi connectivity index (χ0) is 23.8. The molecule has 2 aromatic carbocycles. The van der Waals surface area contributed by atoms with Crippen molar-refractivity contribution in [2.75, 3.05) is 16.4 Å². The van der Waals surface area contributed by atoms with Gasteiger partial charge in [-0.2, -0.15) is 0 Å². The number of Topliss-reactive ketones (excluding diaryl/α,β-unsaturated/α-hetero) is 1. The van der Waals surface area contributed by atoms with E-state index in [1.54, 1.807) is 24.3 Å². The van der Waals surface area contributed by atoms with E-state index in [4.69, 9.17) is 24.0 Å². The van der Waals surface area contributed by atoms with Gasteiger partial charge in [0, 0.05) is 29.2 Å². The maximum absolute atomic E-state index is 11.4. The average Bonchev–Trinajstić information content (AvgIpc) is 2.69. The number of hydrogen-bond acceptors (Lipinski definition) is 3. The summed E-state index contributed by atoms with van der Waals surface area (Å²) in [5.74, 6) is -0.534. The smallest absolute Gasteiger partial charge is 0.304 e. The van der Waals surface area contributed by atoms with Crippen LogP contribution in [0.5, 0.6) is 0 Å². The number of carbonyl (C=O) groups excluding carboxylic acids is 1. The number of carboxylic acid groups (broad SMARTS) is 1. The van der Waals surface area contributed by atoms with Gasteiger partial charge in [0.2, 0.25) is 0 Å². The van der Waals surface area contributed by atoms with Gasteiger partial charge >= 0.3 is 5.97 Å². The van der Waals surface area contributed by atoms with E-state index in [0.29, 0.717) is 40.6 Å². The van der Waals surface area contributed by atoms with Gasteiger partial charge in [0.15, 0.2) is 11.4 Å². The van der Waals surface area contributed by atoms with Crippen LogP contribution in [0.1, 0.15) is 37.0 Å². The fourth-order valence-corrected chi connectivity index (χ4v) is 3.04. The minimum absolute atomic E-state index is 0. The summed E-state index contributed by atoms with van der Waals surface area (Å²) in [7, 11) is 0. The second-order valence-corrected chi connectivity index (χ2v) is 7.96. The molecule has 0 fully saturated rings. The predicted molar refractivity (Wildman–Crippen MR) is 139 cm³/mol. The molecular weight excluding hydrogens is 538 g/mol. The Balaban J connectivity index is 0. The van der Waals surface area contributed by atoms with Crippen LogP contribution in [0.25, 0.3) is 9.69 Å². The standard InChI is InChI=1S/C12H12BrNO.C8H8N2.C3H5BrO2.CH4/c1-9-7-10(3-4-12(9)14-2)8-11(15)5-6-13;1-6-5-7(9)3-4-8(6)10-2;4-2-1-3(5)6;/h3-4,7H,5-6,8H2,1H3;3-5H,9H2,1H3;1-2H2,(H,5,6);1H4. The zero-order valence-corrected chi connectivity index (χ0v) is 20.7. The van der Waals surface area contributed by atoms with Gasteiger partial charge in [-0.15, -0.1) is 0 Å². The Labute approximate surface area is 207 Å². The largest absolute Gasteiger partial charge is 0.481 e. The first-order chi connectivity index (χ1) is 14.7. The summed E-state index contributed by atoms with van der Waals surface area (Å²) in [5.41, 5.74) is 10.4. The van der Waals surface area contributed by atoms with E-state index in [1.165, 1.54) is 0 Å². The number of nitrogen functional groups attached to an aromatic ring is 1. The number of alkyl halides is 2. The predicted octanol–water partition coefficient (Wildman–Crippen LogP) is 7.06. The number of aliphatic carboxylic acids is 1. The van der Waals surface area contributed by atoms with Crippen LogP contribution in [0, 0.1) is 27.0 Å². The number of aryl methyl sites for hydroxylation is 2. The molecule has 0 aliphatic carbocycles. The molecule has 3 N–H and O–H groups in total. The van der Waals surface area contributed by atoms with Crippen molar-refractivity contribution in [3.05, 3.63) is 75.9 Å². The molecule has 172 valence electrons. The van der Waals surface area contributed by atoms with E-state index in [1.807, 2.05) is 26.0 Å². The van der Waals surface area contributed by atoms with Gasteiger partial charge < -0.3 is 10.8 Å². The van der Waals surface area contributed by atoms with Crippen molar-refractivity contribution >= 4 is 60.7 Å². The molecule has 0 saturated carbocycles. The van der Waals surface area contributed by atoms with Crippen molar-refractivity contribution in [3.63, 3.8) is 0 Å². The molecule has 0 atom stereocenters. The molecule has 0 unspecified atom stereocenters. The van der Waals surface area contributed by atoms with E-state index in [-0.39, 0.29) is 19.6 Å². The number of rotatable bonds is 6. The lowest BCUT2D eigenvalue weighted by atomic mass is 10.0. The molecule has 32 heavy (non-hydrogen) atoms. The van der Waals surface area contributed by atoms with E-state index in [2.05, 4.69) is 41.5 Å². The maximum Gasteiger partial charge on any atom is 0.304 e. The number of nitrogens with zero attached hydrogens (tertiary/aromatic N) is 2. The highest BCUT2D eigenvalue weighted by molar-refractivity contribution is 9.09. The van der Waals surface area contributed by atoms with E-state index in [9.17, 15) is 9.59 Å². The Bertz CT molecular complexity index is 964. The van der Waals surface area contributed by atoms with Crippen LogP contribution in [0.2, 0.25) is 0 Å². The number of carbonyl (C=O) groups is 2. The second-order valence-electron chi connectivity index (χ2n) is 6.38. The molecule has 2 aromatic rings. The van der Waals surface area contributed by atoms with Crippen molar-refractivity contribution < 1.29 is 14.7 Å². The third-order valence-electron chi connectivity index (χ3n) is 3.81. The van der Waals surface area contributed by atoms with E-state index >= 15 is 0 Å². The number of anilines is 1. The van der Waals surface area contributed by atoms with Crippen LogP contribution in [-0.2, 0) is 16.0 Å². The quantitative estimate of drug-likeness (QED) is 0.222. The Morgan fingerprint density at radius 2 is 1.44 bits per heavy atom. The van der Waals surface area contributed by atoms with Crippen molar-refractivity contribution in [1.82, 2.24) is 0 Å². The zero-order valence-electron chi connectivity index (χ0n) is 17.5. The molecule has 0 heterocycles. The Morgan fingerprint density at radius 3 is 1.81 bits per heavy atom. The van der Waals surface area contributed by atoms with Gasteiger partial charge in [-0.25, -0.2) is 9.69 Å². The molecule has 0 radical (unpaired) electrons. The van der Waals surface area contributed by atoms with Crippen LogP contribution >= 0.6 is 31.9 Å². The Kier molecular flexibility index (Phi) is 17.7. The van der Waals surface area contributed by atoms with Gasteiger partial charge in [0.25, 0.3) is 0 Å². The number of ketones is 1. The molecule has 0 aromatic heterocycles. The summed E-state index contributed by atoms with van der Waals surface area (Å²) >= 11 is 6.21. The summed E-state index contributed by atoms with van der Waals surface area (Å²) in [6.07, 6.45) is 1.23. The van der Waals surface area contributed by atoms with Crippen molar-refractivity contribution in [3.8, 4) is 0 Å². The SMILES string of the molecule is C.O=C(O)CCBr.[C-]#[N+]c1ccc(CC(=O)CCBr)cc1C.[C-]#[N+]c1ccc(N)cc1C. The molecule has 2 rings (SSSR count). The minimum atomic E-state index is -0.758. The monoisotopic (exact) mass is 565 g/mol. The van der Waals surface area contributed by atoms with Gasteiger partial charge in [-0.05, 0) is 42.7 Å². The number of hydrogen-bond donors (Lipinski definition) is 2. The summed E-state index contributed by atoms with van der Waals surface area (Å²) < 4.78 is 0. The van der Waals surface area contributed by atoms with Crippen molar-refractivity contribution in [2.24, 2.45) is 0 Å². The summed E-state index contributed by atoms with van der Waals surface area (Å²) in [5, 5.41) is 9.14. The lowest BCUT2D eigenvalue weighted by Gasteiger charge is -2.02. The highest BCUT2D eigenvalue weighted by Crippen LogP contribution is 2.20. The molecule has 0 amide bonds. The number of benzene rings is 2. The Morgan fingerprint density at radius 1 is 0.938 bits per heavy atom. The highest BCUT2D eigenvalue weighted by atomic mass is 79.9. The van der Waals surface area contributed by atoms with Gasteiger partial charge in [-0.1, -0.05) is 63.6 Å². The molecular formula is C24H29Br2N3O3. The first-order valence-electron chi connectivity index (χ1n) is 9.24. The Hall–Kier alpha value is -2.68. The lowest BCUT2D eigenvalue weighted by molar-refractivity contribution is -0.136. The maximum atomic E-state index is 11.4. The normalized spacial score (nSPS) is 8.81. The molecule has 6 nitrogen and oxygen atoms in total. The second kappa shape index (κ2) is 17.9. The summed E-state index contributed by atoms with van der Waals surface area (Å²) in [6.45, 7) is 17.4. The molecule has 0 aliphatic heterocycles. The van der Waals surface area contributed by atoms with Crippen LogP contribution in [0.3, 0.4) is 0 Å². The first kappa shape index (κ1) is 31.5. The molecule has 0 bridgehead atoms. The van der Waals surface area contributed by atoms with E-state index < -0.39 is 5.97 Å². The topological polar surface area (TPSA) is 89.1 Å². The van der Waals surface area contributed by atoms with Gasteiger partial charge in [0.05, 0.1) is 19.6 Å². The van der Waals surface area contributed by atoms with Gasteiger partial charge in [-0.3, -0.25) is 9.59 Å². The first-order valence-corrected chi connectivity index (χ1v) is 11.5. The van der Waals surface area contributed by atoms with Crippen molar-refractivity contribution in [2.45, 2.75) is 40.5 Å².